The molecule has 134 valence electrons. The van der Waals surface area contributed by atoms with Gasteiger partial charge in [-0.3, -0.25) is 14.9 Å². The summed E-state index contributed by atoms with van der Waals surface area (Å²) < 4.78 is 5.39. The molecular weight excluding hydrogens is 324 g/mol. The Bertz CT molecular complexity index is 670. The molecule has 1 atom stereocenters. The molecule has 2 aliphatic heterocycles. The van der Waals surface area contributed by atoms with Gasteiger partial charge in [-0.05, 0) is 18.6 Å². The first-order chi connectivity index (χ1) is 12.1. The van der Waals surface area contributed by atoms with Crippen LogP contribution < -0.4 is 20.3 Å². The Balaban J connectivity index is 1.49. The molecule has 4 amide bonds. The van der Waals surface area contributed by atoms with Gasteiger partial charge in [0.2, 0.25) is 5.91 Å². The highest BCUT2D eigenvalue weighted by molar-refractivity contribution is 6.04. The lowest BCUT2D eigenvalue weighted by Gasteiger charge is -2.36. The maximum atomic E-state index is 12.3. The first kappa shape index (κ1) is 17.1. The number of nitrogens with zero attached hydrogens (tertiary/aromatic N) is 2. The Morgan fingerprint density at radius 2 is 1.92 bits per heavy atom. The SMILES string of the molecule is COc1ccccc1N1CCN(C(=O)CCC2NC(=O)NC2=O)CC1. The van der Waals surface area contributed by atoms with Crippen molar-refractivity contribution in [2.24, 2.45) is 0 Å². The standard InChI is InChI=1S/C17H22N4O4/c1-25-14-5-3-2-4-13(14)20-8-10-21(11-9-20)15(22)7-6-12-16(23)19-17(24)18-12/h2-5,12H,6-11H2,1H3,(H2,18,19,23,24). The molecule has 1 unspecified atom stereocenters. The third kappa shape index (κ3) is 3.84. The predicted molar refractivity (Wildman–Crippen MR) is 91.5 cm³/mol. The van der Waals surface area contributed by atoms with Gasteiger partial charge in [-0.2, -0.15) is 0 Å². The zero-order chi connectivity index (χ0) is 17.8. The second-order valence-corrected chi connectivity index (χ2v) is 6.09. The highest BCUT2D eigenvalue weighted by Crippen LogP contribution is 2.28. The van der Waals surface area contributed by atoms with Crippen molar-refractivity contribution < 1.29 is 19.1 Å². The van der Waals surface area contributed by atoms with Gasteiger partial charge in [-0.1, -0.05) is 12.1 Å². The quantitative estimate of drug-likeness (QED) is 0.750. The molecule has 2 saturated heterocycles. The van der Waals surface area contributed by atoms with Crippen LogP contribution in [0.3, 0.4) is 0 Å². The molecule has 0 spiro atoms. The van der Waals surface area contributed by atoms with E-state index in [-0.39, 0.29) is 18.2 Å². The lowest BCUT2D eigenvalue weighted by Crippen LogP contribution is -2.49. The highest BCUT2D eigenvalue weighted by Gasteiger charge is 2.30. The van der Waals surface area contributed by atoms with E-state index >= 15 is 0 Å². The molecule has 0 aliphatic carbocycles. The topological polar surface area (TPSA) is 91.0 Å². The lowest BCUT2D eigenvalue weighted by molar-refractivity contribution is -0.131. The summed E-state index contributed by atoms with van der Waals surface area (Å²) in [5, 5.41) is 4.68. The van der Waals surface area contributed by atoms with Crippen molar-refractivity contribution in [3.63, 3.8) is 0 Å². The third-order valence-electron chi connectivity index (χ3n) is 4.56. The van der Waals surface area contributed by atoms with E-state index in [1.807, 2.05) is 24.3 Å². The summed E-state index contributed by atoms with van der Waals surface area (Å²) in [5.41, 5.74) is 1.03. The average Bonchev–Trinajstić information content (AvgIpc) is 2.97. The van der Waals surface area contributed by atoms with E-state index in [4.69, 9.17) is 4.74 Å². The summed E-state index contributed by atoms with van der Waals surface area (Å²) in [5.74, 6) is 0.470. The number of para-hydroxylation sites is 2. The van der Waals surface area contributed by atoms with Crippen LogP contribution in [0, 0.1) is 0 Å². The number of nitrogens with one attached hydrogen (secondary N) is 2. The Kier molecular flexibility index (Phi) is 5.06. The zero-order valence-corrected chi connectivity index (χ0v) is 14.2. The summed E-state index contributed by atoms with van der Waals surface area (Å²) in [6.07, 6.45) is 0.566. The molecular formula is C17H22N4O4. The van der Waals surface area contributed by atoms with Crippen molar-refractivity contribution >= 4 is 23.5 Å². The molecule has 0 saturated carbocycles. The van der Waals surface area contributed by atoms with Crippen molar-refractivity contribution in [3.05, 3.63) is 24.3 Å². The van der Waals surface area contributed by atoms with E-state index in [2.05, 4.69) is 15.5 Å². The van der Waals surface area contributed by atoms with Crippen molar-refractivity contribution in [2.45, 2.75) is 18.9 Å². The molecule has 2 N–H and O–H groups in total. The van der Waals surface area contributed by atoms with Crippen LogP contribution in [-0.2, 0) is 9.59 Å². The Labute approximate surface area is 146 Å². The molecule has 2 fully saturated rings. The minimum absolute atomic E-state index is 0.00799. The van der Waals surface area contributed by atoms with Crippen LogP contribution in [0.15, 0.2) is 24.3 Å². The van der Waals surface area contributed by atoms with Gasteiger partial charge in [0.1, 0.15) is 11.8 Å². The minimum Gasteiger partial charge on any atom is -0.495 e. The summed E-state index contributed by atoms with van der Waals surface area (Å²) in [4.78, 5) is 38.9. The number of rotatable bonds is 5. The van der Waals surface area contributed by atoms with Gasteiger partial charge >= 0.3 is 6.03 Å². The number of hydrogen-bond donors (Lipinski definition) is 2. The normalized spacial score (nSPS) is 20.3. The van der Waals surface area contributed by atoms with Gasteiger partial charge in [0, 0.05) is 32.6 Å². The fourth-order valence-corrected chi connectivity index (χ4v) is 3.18. The van der Waals surface area contributed by atoms with Crippen LogP contribution >= 0.6 is 0 Å². The van der Waals surface area contributed by atoms with Crippen molar-refractivity contribution in [1.82, 2.24) is 15.5 Å². The smallest absolute Gasteiger partial charge is 0.322 e. The number of hydrogen-bond acceptors (Lipinski definition) is 5. The van der Waals surface area contributed by atoms with Crippen molar-refractivity contribution in [2.75, 3.05) is 38.2 Å². The van der Waals surface area contributed by atoms with Gasteiger partial charge < -0.3 is 19.9 Å². The number of piperazine rings is 1. The maximum absolute atomic E-state index is 12.3. The molecule has 25 heavy (non-hydrogen) atoms. The molecule has 1 aromatic rings. The molecule has 0 aromatic heterocycles. The van der Waals surface area contributed by atoms with E-state index in [0.29, 0.717) is 19.5 Å². The van der Waals surface area contributed by atoms with Crippen LogP contribution in [0.25, 0.3) is 0 Å². The first-order valence-corrected chi connectivity index (χ1v) is 8.35. The number of carbonyl (C=O) groups excluding carboxylic acids is 3. The first-order valence-electron chi connectivity index (χ1n) is 8.35. The van der Waals surface area contributed by atoms with E-state index in [1.54, 1.807) is 12.0 Å². The molecule has 3 rings (SSSR count). The van der Waals surface area contributed by atoms with Crippen molar-refractivity contribution in [1.29, 1.82) is 0 Å². The van der Waals surface area contributed by atoms with Crippen LogP contribution in [0.5, 0.6) is 5.75 Å². The van der Waals surface area contributed by atoms with Crippen LogP contribution in [-0.4, -0.2) is 62.1 Å². The van der Waals surface area contributed by atoms with Crippen molar-refractivity contribution in [3.8, 4) is 5.75 Å². The van der Waals surface area contributed by atoms with Gasteiger partial charge in [0.25, 0.3) is 5.91 Å². The average molecular weight is 346 g/mol. The van der Waals surface area contributed by atoms with Crippen LogP contribution in [0.2, 0.25) is 0 Å². The molecule has 8 heteroatoms. The number of amides is 4. The molecule has 2 aliphatic rings. The molecule has 0 radical (unpaired) electrons. The van der Waals surface area contributed by atoms with E-state index in [1.165, 1.54) is 0 Å². The Morgan fingerprint density at radius 3 is 2.56 bits per heavy atom. The minimum atomic E-state index is -0.605. The Morgan fingerprint density at radius 1 is 1.20 bits per heavy atom. The van der Waals surface area contributed by atoms with E-state index < -0.39 is 12.1 Å². The van der Waals surface area contributed by atoms with Crippen LogP contribution in [0.4, 0.5) is 10.5 Å². The molecule has 8 nitrogen and oxygen atoms in total. The maximum Gasteiger partial charge on any atom is 0.322 e. The van der Waals surface area contributed by atoms with Gasteiger partial charge in [-0.25, -0.2) is 4.79 Å². The van der Waals surface area contributed by atoms with Crippen LogP contribution in [0.1, 0.15) is 12.8 Å². The predicted octanol–water partition coefficient (Wildman–Crippen LogP) is 0.332. The summed E-state index contributed by atoms with van der Waals surface area (Å²) in [7, 11) is 1.65. The molecule has 1 aromatic carbocycles. The largest absolute Gasteiger partial charge is 0.495 e. The third-order valence-corrected chi connectivity index (χ3v) is 4.56. The van der Waals surface area contributed by atoms with E-state index in [9.17, 15) is 14.4 Å². The highest BCUT2D eigenvalue weighted by atomic mass is 16.5. The van der Waals surface area contributed by atoms with Gasteiger partial charge in [-0.15, -0.1) is 0 Å². The number of imide groups is 1. The van der Waals surface area contributed by atoms with E-state index in [0.717, 1.165) is 24.5 Å². The fraction of sp³-hybridized carbons (Fsp3) is 0.471. The lowest BCUT2D eigenvalue weighted by atomic mass is 10.1. The summed E-state index contributed by atoms with van der Waals surface area (Å²) in [6, 6.07) is 6.74. The summed E-state index contributed by atoms with van der Waals surface area (Å²) >= 11 is 0. The summed E-state index contributed by atoms with van der Waals surface area (Å²) in [6.45, 7) is 2.71. The number of benzene rings is 1. The second kappa shape index (κ2) is 7.42. The van der Waals surface area contributed by atoms with Gasteiger partial charge in [0.15, 0.2) is 0 Å². The Hall–Kier alpha value is -2.77. The number of anilines is 1. The second-order valence-electron chi connectivity index (χ2n) is 6.09. The number of urea groups is 1. The zero-order valence-electron chi connectivity index (χ0n) is 14.2. The number of methoxy groups -OCH3 is 1. The molecule has 0 bridgehead atoms. The number of ether oxygens (including phenoxy) is 1. The molecule has 2 heterocycles. The number of carbonyl (C=O) groups is 3. The fourth-order valence-electron chi connectivity index (χ4n) is 3.18. The monoisotopic (exact) mass is 346 g/mol. The van der Waals surface area contributed by atoms with Gasteiger partial charge in [0.05, 0.1) is 12.8 Å².